The average molecular weight is 338 g/mol. The highest BCUT2D eigenvalue weighted by molar-refractivity contribution is 6.30. The lowest BCUT2D eigenvalue weighted by atomic mass is 9.80. The summed E-state index contributed by atoms with van der Waals surface area (Å²) in [5.41, 5.74) is 0.991. The molecule has 0 bridgehead atoms. The van der Waals surface area contributed by atoms with Crippen LogP contribution in [-0.4, -0.2) is 27.9 Å². The molecule has 0 saturated heterocycles. The van der Waals surface area contributed by atoms with E-state index in [4.69, 9.17) is 11.6 Å². The Kier molecular flexibility index (Phi) is 6.05. The van der Waals surface area contributed by atoms with Crippen LogP contribution in [0.15, 0.2) is 24.3 Å². The van der Waals surface area contributed by atoms with Gasteiger partial charge in [-0.25, -0.2) is 0 Å². The zero-order chi connectivity index (χ0) is 17.0. The number of hydrogen-bond acceptors (Lipinski definition) is 2. The van der Waals surface area contributed by atoms with Gasteiger partial charge in [-0.2, -0.15) is 0 Å². The molecule has 0 heterocycles. The van der Waals surface area contributed by atoms with Crippen molar-refractivity contribution in [2.75, 3.05) is 0 Å². The molecule has 126 valence electrons. The fourth-order valence-electron chi connectivity index (χ4n) is 3.22. The van der Waals surface area contributed by atoms with Crippen molar-refractivity contribution in [3.05, 3.63) is 34.9 Å². The van der Waals surface area contributed by atoms with Crippen LogP contribution >= 0.6 is 11.6 Å². The van der Waals surface area contributed by atoms with E-state index in [1.165, 1.54) is 0 Å². The van der Waals surface area contributed by atoms with E-state index in [2.05, 4.69) is 0 Å². The van der Waals surface area contributed by atoms with Gasteiger partial charge in [0.15, 0.2) is 0 Å². The monoisotopic (exact) mass is 337 g/mol. The normalized spacial score (nSPS) is 21.2. The molecule has 1 aliphatic rings. The van der Waals surface area contributed by atoms with E-state index in [9.17, 15) is 14.7 Å². The quantitative estimate of drug-likeness (QED) is 0.884. The SMILES string of the molecule is CC(C)N(Cc1cccc(Cl)c1)C(=O)C1CCCC(C(=O)O)C1. The van der Waals surface area contributed by atoms with E-state index in [-0.39, 0.29) is 17.9 Å². The Bertz CT molecular complexity index is 573. The van der Waals surface area contributed by atoms with Crippen LogP contribution in [0.5, 0.6) is 0 Å². The zero-order valence-electron chi connectivity index (χ0n) is 13.7. The number of rotatable bonds is 5. The van der Waals surface area contributed by atoms with Crippen molar-refractivity contribution in [2.24, 2.45) is 11.8 Å². The Morgan fingerprint density at radius 1 is 1.30 bits per heavy atom. The molecular formula is C18H24ClNO3. The Hall–Kier alpha value is -1.55. The van der Waals surface area contributed by atoms with Crippen LogP contribution in [0.25, 0.3) is 0 Å². The first-order chi connectivity index (χ1) is 10.9. The summed E-state index contributed by atoms with van der Waals surface area (Å²) in [5, 5.41) is 9.87. The van der Waals surface area contributed by atoms with Gasteiger partial charge in [0, 0.05) is 23.5 Å². The molecule has 0 radical (unpaired) electrons. The number of benzene rings is 1. The van der Waals surface area contributed by atoms with Gasteiger partial charge in [0.1, 0.15) is 0 Å². The van der Waals surface area contributed by atoms with E-state index in [1.54, 1.807) is 0 Å². The van der Waals surface area contributed by atoms with Gasteiger partial charge in [-0.05, 0) is 50.8 Å². The van der Waals surface area contributed by atoms with Crippen LogP contribution in [0.2, 0.25) is 5.02 Å². The van der Waals surface area contributed by atoms with Gasteiger partial charge in [0.2, 0.25) is 5.91 Å². The number of carbonyl (C=O) groups is 2. The highest BCUT2D eigenvalue weighted by Gasteiger charge is 2.34. The van der Waals surface area contributed by atoms with Crippen LogP contribution in [-0.2, 0) is 16.1 Å². The van der Waals surface area contributed by atoms with Gasteiger partial charge < -0.3 is 10.0 Å². The molecule has 1 fully saturated rings. The first kappa shape index (κ1) is 17.8. The number of halogens is 1. The summed E-state index contributed by atoms with van der Waals surface area (Å²) in [6, 6.07) is 7.57. The van der Waals surface area contributed by atoms with Crippen molar-refractivity contribution in [2.45, 2.75) is 52.1 Å². The fraction of sp³-hybridized carbons (Fsp3) is 0.556. The van der Waals surface area contributed by atoms with Crippen molar-refractivity contribution >= 4 is 23.5 Å². The van der Waals surface area contributed by atoms with Crippen molar-refractivity contribution in [3.8, 4) is 0 Å². The molecule has 1 N–H and O–H groups in total. The van der Waals surface area contributed by atoms with E-state index >= 15 is 0 Å². The molecule has 2 unspecified atom stereocenters. The summed E-state index contributed by atoms with van der Waals surface area (Å²) in [6.45, 7) is 4.48. The summed E-state index contributed by atoms with van der Waals surface area (Å²) in [5.74, 6) is -1.30. The third kappa shape index (κ3) is 4.71. The van der Waals surface area contributed by atoms with Crippen molar-refractivity contribution in [1.82, 2.24) is 4.90 Å². The van der Waals surface area contributed by atoms with E-state index in [0.717, 1.165) is 18.4 Å². The second kappa shape index (κ2) is 7.82. The predicted octanol–water partition coefficient (Wildman–Crippen LogP) is 3.97. The minimum absolute atomic E-state index is 0.0610. The van der Waals surface area contributed by atoms with Crippen LogP contribution in [0.1, 0.15) is 45.1 Å². The number of amides is 1. The number of carboxylic acids is 1. The summed E-state index contributed by atoms with van der Waals surface area (Å²) in [7, 11) is 0. The van der Waals surface area contributed by atoms with Crippen LogP contribution in [0.3, 0.4) is 0 Å². The first-order valence-corrected chi connectivity index (χ1v) is 8.54. The largest absolute Gasteiger partial charge is 0.481 e. The van der Waals surface area contributed by atoms with Gasteiger partial charge in [-0.15, -0.1) is 0 Å². The third-order valence-electron chi connectivity index (χ3n) is 4.52. The molecule has 1 aromatic carbocycles. The van der Waals surface area contributed by atoms with E-state index in [1.807, 2.05) is 43.0 Å². The van der Waals surface area contributed by atoms with Gasteiger partial charge in [-0.1, -0.05) is 30.2 Å². The van der Waals surface area contributed by atoms with E-state index in [0.29, 0.717) is 24.4 Å². The molecule has 1 saturated carbocycles. The minimum Gasteiger partial charge on any atom is -0.481 e. The maximum Gasteiger partial charge on any atom is 0.306 e. The smallest absolute Gasteiger partial charge is 0.306 e. The highest BCUT2D eigenvalue weighted by Crippen LogP contribution is 2.31. The second-order valence-electron chi connectivity index (χ2n) is 6.59. The lowest BCUT2D eigenvalue weighted by molar-refractivity contribution is -0.146. The average Bonchev–Trinajstić information content (AvgIpc) is 2.52. The van der Waals surface area contributed by atoms with E-state index < -0.39 is 11.9 Å². The predicted molar refractivity (Wildman–Crippen MR) is 90.2 cm³/mol. The van der Waals surface area contributed by atoms with Gasteiger partial charge in [-0.3, -0.25) is 9.59 Å². The fourth-order valence-corrected chi connectivity index (χ4v) is 3.43. The summed E-state index contributed by atoms with van der Waals surface area (Å²) in [6.07, 6.45) is 2.71. The molecule has 2 atom stereocenters. The minimum atomic E-state index is -0.784. The topological polar surface area (TPSA) is 57.6 Å². The molecule has 5 heteroatoms. The summed E-state index contributed by atoms with van der Waals surface area (Å²) < 4.78 is 0. The molecular weight excluding hydrogens is 314 g/mol. The molecule has 23 heavy (non-hydrogen) atoms. The van der Waals surface area contributed by atoms with Gasteiger partial charge in [0.25, 0.3) is 0 Å². The number of carboxylic acid groups (broad SMARTS) is 1. The van der Waals surface area contributed by atoms with Crippen LogP contribution < -0.4 is 0 Å². The molecule has 1 amide bonds. The van der Waals surface area contributed by atoms with Crippen molar-refractivity contribution in [1.29, 1.82) is 0 Å². The maximum atomic E-state index is 12.9. The molecule has 0 spiro atoms. The standard InChI is InChI=1S/C18H24ClNO3/c1-12(2)20(11-13-5-3-8-16(19)9-13)17(21)14-6-4-7-15(10-14)18(22)23/h3,5,8-9,12,14-15H,4,6-7,10-11H2,1-2H3,(H,22,23). The number of hydrogen-bond donors (Lipinski definition) is 1. The molecule has 0 aliphatic heterocycles. The van der Waals surface area contributed by atoms with Gasteiger partial charge in [0.05, 0.1) is 5.92 Å². The zero-order valence-corrected chi connectivity index (χ0v) is 14.4. The Labute approximate surface area is 142 Å². The molecule has 4 nitrogen and oxygen atoms in total. The first-order valence-electron chi connectivity index (χ1n) is 8.16. The lowest BCUT2D eigenvalue weighted by Gasteiger charge is -2.34. The summed E-state index contributed by atoms with van der Waals surface area (Å²) in [4.78, 5) is 25.9. The summed E-state index contributed by atoms with van der Waals surface area (Å²) >= 11 is 6.02. The Morgan fingerprint density at radius 3 is 2.61 bits per heavy atom. The molecule has 0 aromatic heterocycles. The Morgan fingerprint density at radius 2 is 2.00 bits per heavy atom. The maximum absolute atomic E-state index is 12.9. The van der Waals surface area contributed by atoms with Crippen LogP contribution in [0, 0.1) is 11.8 Å². The lowest BCUT2D eigenvalue weighted by Crippen LogP contribution is -2.42. The molecule has 1 aliphatic carbocycles. The Balaban J connectivity index is 2.10. The molecule has 2 rings (SSSR count). The highest BCUT2D eigenvalue weighted by atomic mass is 35.5. The molecule has 1 aromatic rings. The van der Waals surface area contributed by atoms with Crippen molar-refractivity contribution in [3.63, 3.8) is 0 Å². The third-order valence-corrected chi connectivity index (χ3v) is 4.76. The van der Waals surface area contributed by atoms with Gasteiger partial charge >= 0.3 is 5.97 Å². The number of aliphatic carboxylic acids is 1. The number of nitrogens with zero attached hydrogens (tertiary/aromatic N) is 1. The van der Waals surface area contributed by atoms with Crippen LogP contribution in [0.4, 0.5) is 0 Å². The van der Waals surface area contributed by atoms with Crippen molar-refractivity contribution < 1.29 is 14.7 Å². The number of carbonyl (C=O) groups excluding carboxylic acids is 1. The second-order valence-corrected chi connectivity index (χ2v) is 7.02.